The van der Waals surface area contributed by atoms with Gasteiger partial charge in [-0.2, -0.15) is 5.26 Å². The Bertz CT molecular complexity index is 1280. The molecule has 36 heavy (non-hydrogen) atoms. The first-order chi connectivity index (χ1) is 17.2. The Balaban J connectivity index is 1.57. The molecule has 2 atom stereocenters. The maximum Gasteiger partial charge on any atom is 0.410 e. The van der Waals surface area contributed by atoms with Crippen LogP contribution in [0.2, 0.25) is 5.02 Å². The second-order valence-electron chi connectivity index (χ2n) is 9.68. The molecule has 1 aliphatic rings. The van der Waals surface area contributed by atoms with Gasteiger partial charge in [0, 0.05) is 31.6 Å². The molecule has 3 heterocycles. The molecule has 190 valence electrons. The van der Waals surface area contributed by atoms with Crippen LogP contribution in [-0.2, 0) is 9.47 Å². The molecule has 2 aromatic heterocycles. The molecular weight excluding hydrogens is 482 g/mol. The lowest BCUT2D eigenvalue weighted by molar-refractivity contribution is -0.0396. The van der Waals surface area contributed by atoms with E-state index in [0.29, 0.717) is 60.5 Å². The number of hydrogen-bond acceptors (Lipinski definition) is 7. The van der Waals surface area contributed by atoms with Gasteiger partial charge in [-0.25, -0.2) is 14.8 Å². The topological polar surface area (TPSA) is 103 Å². The van der Waals surface area contributed by atoms with E-state index >= 15 is 0 Å². The van der Waals surface area contributed by atoms with Crippen LogP contribution in [0.5, 0.6) is 5.88 Å². The molecule has 4 rings (SSSR count). The second kappa shape index (κ2) is 10.7. The van der Waals surface area contributed by atoms with Gasteiger partial charge in [0.2, 0.25) is 5.88 Å². The Hall–Kier alpha value is -3.35. The average molecular weight is 512 g/mol. The van der Waals surface area contributed by atoms with Gasteiger partial charge in [0.25, 0.3) is 0 Å². The fraction of sp³-hybridized carbons (Fsp3) is 0.462. The van der Waals surface area contributed by atoms with Gasteiger partial charge in [0.05, 0.1) is 40.9 Å². The van der Waals surface area contributed by atoms with Crippen LogP contribution >= 0.6 is 11.6 Å². The number of hydrogen-bond donors (Lipinski definition) is 0. The van der Waals surface area contributed by atoms with Gasteiger partial charge in [-0.3, -0.25) is 4.57 Å². The minimum absolute atomic E-state index is 0.0497. The first-order valence-corrected chi connectivity index (χ1v) is 12.3. The predicted molar refractivity (Wildman–Crippen MR) is 135 cm³/mol. The number of amides is 1. The fourth-order valence-corrected chi connectivity index (χ4v) is 4.45. The third-order valence-corrected chi connectivity index (χ3v) is 6.24. The van der Waals surface area contributed by atoms with Crippen LogP contribution in [0.4, 0.5) is 4.79 Å². The molecule has 0 N–H and O–H groups in total. The lowest BCUT2D eigenvalue weighted by Gasteiger charge is -2.35. The lowest BCUT2D eigenvalue weighted by atomic mass is 9.97. The van der Waals surface area contributed by atoms with Crippen molar-refractivity contribution in [3.8, 4) is 17.6 Å². The largest absolute Gasteiger partial charge is 0.473 e. The molecular formula is C26H30ClN5O4. The van der Waals surface area contributed by atoms with Gasteiger partial charge in [0.15, 0.2) is 5.65 Å². The third-order valence-electron chi connectivity index (χ3n) is 5.94. The summed E-state index contributed by atoms with van der Waals surface area (Å²) >= 11 is 6.44. The summed E-state index contributed by atoms with van der Waals surface area (Å²) in [7, 11) is 0. The van der Waals surface area contributed by atoms with Crippen molar-refractivity contribution in [1.82, 2.24) is 19.4 Å². The fourth-order valence-electron chi connectivity index (χ4n) is 4.18. The molecule has 1 aliphatic heterocycles. The summed E-state index contributed by atoms with van der Waals surface area (Å²) in [6, 6.07) is 9.09. The summed E-state index contributed by atoms with van der Waals surface area (Å²) in [5.74, 6) is 0.409. The molecule has 1 aromatic carbocycles. The maximum atomic E-state index is 12.7. The van der Waals surface area contributed by atoms with Gasteiger partial charge in [0.1, 0.15) is 18.0 Å². The van der Waals surface area contributed by atoms with Crippen molar-refractivity contribution in [3.63, 3.8) is 0 Å². The third kappa shape index (κ3) is 5.72. The number of rotatable bonds is 6. The standard InChI is InChI=1S/C26H30ClN5O4/c1-5-31(25(33)36-26(2,3)4)14-18-15-34-11-9-22(18)35-24-19-8-10-32(23(19)29-16-30-24)21-7-6-17(13-28)12-20(21)27/h6-8,10,12,16,18,22H,5,9,11,14-15H2,1-4H3/t18?,22-/m1/s1. The molecule has 3 aromatic rings. The van der Waals surface area contributed by atoms with Gasteiger partial charge in [-0.15, -0.1) is 0 Å². The highest BCUT2D eigenvalue weighted by molar-refractivity contribution is 6.32. The van der Waals surface area contributed by atoms with Crippen LogP contribution in [-0.4, -0.2) is 63.5 Å². The highest BCUT2D eigenvalue weighted by Gasteiger charge is 2.32. The SMILES string of the molecule is CCN(CC1COCC[C@H]1Oc1ncnc2c1ccn2-c1ccc(C#N)cc1Cl)C(=O)OC(C)(C)C. The quantitative estimate of drug-likeness (QED) is 0.459. The van der Waals surface area contributed by atoms with Crippen LogP contribution in [0.1, 0.15) is 39.7 Å². The Morgan fingerprint density at radius 1 is 1.33 bits per heavy atom. The summed E-state index contributed by atoms with van der Waals surface area (Å²) in [6.45, 7) is 9.49. The van der Waals surface area contributed by atoms with Crippen molar-refractivity contribution in [1.29, 1.82) is 5.26 Å². The van der Waals surface area contributed by atoms with Crippen molar-refractivity contribution >= 4 is 28.7 Å². The van der Waals surface area contributed by atoms with E-state index in [1.54, 1.807) is 23.1 Å². The zero-order valence-electron chi connectivity index (χ0n) is 20.9. The molecule has 1 unspecified atom stereocenters. The molecule has 10 heteroatoms. The number of nitrogens with zero attached hydrogens (tertiary/aromatic N) is 5. The zero-order valence-corrected chi connectivity index (χ0v) is 21.7. The normalized spacial score (nSPS) is 18.0. The Morgan fingerprint density at radius 2 is 2.14 bits per heavy atom. The number of carbonyl (C=O) groups is 1. The zero-order chi connectivity index (χ0) is 25.9. The van der Waals surface area contributed by atoms with Crippen molar-refractivity contribution in [2.75, 3.05) is 26.3 Å². The summed E-state index contributed by atoms with van der Waals surface area (Å²) < 4.78 is 19.6. The molecule has 1 amide bonds. The number of aromatic nitrogens is 3. The maximum absolute atomic E-state index is 12.7. The van der Waals surface area contributed by atoms with E-state index in [2.05, 4.69) is 16.0 Å². The van der Waals surface area contributed by atoms with E-state index in [1.165, 1.54) is 6.33 Å². The smallest absolute Gasteiger partial charge is 0.410 e. The monoisotopic (exact) mass is 511 g/mol. The molecule has 0 radical (unpaired) electrons. The van der Waals surface area contributed by atoms with Crippen molar-refractivity contribution in [3.05, 3.63) is 47.4 Å². The molecule has 0 saturated carbocycles. The molecule has 0 aliphatic carbocycles. The first kappa shape index (κ1) is 25.7. The highest BCUT2D eigenvalue weighted by Crippen LogP contribution is 2.31. The van der Waals surface area contributed by atoms with Gasteiger partial charge < -0.3 is 19.1 Å². The predicted octanol–water partition coefficient (Wildman–Crippen LogP) is 4.99. The molecule has 0 bridgehead atoms. The Morgan fingerprint density at radius 3 is 2.83 bits per heavy atom. The number of fused-ring (bicyclic) bond motifs is 1. The van der Waals surface area contributed by atoms with E-state index in [4.69, 9.17) is 31.1 Å². The number of carbonyl (C=O) groups excluding carboxylic acids is 1. The van der Waals surface area contributed by atoms with Gasteiger partial charge in [-0.05, 0) is 52.0 Å². The van der Waals surface area contributed by atoms with Crippen molar-refractivity contribution in [2.45, 2.75) is 45.8 Å². The lowest BCUT2D eigenvalue weighted by Crippen LogP contribution is -2.46. The minimum atomic E-state index is -0.568. The Labute approximate surface area is 215 Å². The van der Waals surface area contributed by atoms with E-state index in [1.807, 2.05) is 44.5 Å². The Kier molecular flexibility index (Phi) is 7.67. The van der Waals surface area contributed by atoms with Gasteiger partial charge in [-0.1, -0.05) is 11.6 Å². The van der Waals surface area contributed by atoms with Crippen molar-refractivity contribution in [2.24, 2.45) is 5.92 Å². The number of benzene rings is 1. The summed E-state index contributed by atoms with van der Waals surface area (Å²) in [6.07, 6.45) is 3.43. The van der Waals surface area contributed by atoms with E-state index in [-0.39, 0.29) is 18.1 Å². The molecule has 1 fully saturated rings. The summed E-state index contributed by atoms with van der Waals surface area (Å²) in [4.78, 5) is 23.2. The van der Waals surface area contributed by atoms with E-state index in [9.17, 15) is 4.79 Å². The molecule has 0 spiro atoms. The van der Waals surface area contributed by atoms with Crippen molar-refractivity contribution < 1.29 is 19.0 Å². The molecule has 1 saturated heterocycles. The summed E-state index contributed by atoms with van der Waals surface area (Å²) in [5.41, 5.74) is 1.26. The number of ether oxygens (including phenoxy) is 3. The van der Waals surface area contributed by atoms with E-state index in [0.717, 1.165) is 5.39 Å². The summed E-state index contributed by atoms with van der Waals surface area (Å²) in [5, 5.41) is 10.3. The van der Waals surface area contributed by atoms with Crippen LogP contribution in [0, 0.1) is 17.2 Å². The number of halogens is 1. The highest BCUT2D eigenvalue weighted by atomic mass is 35.5. The van der Waals surface area contributed by atoms with Crippen LogP contribution in [0.15, 0.2) is 36.8 Å². The number of nitriles is 1. The van der Waals surface area contributed by atoms with E-state index < -0.39 is 5.60 Å². The minimum Gasteiger partial charge on any atom is -0.473 e. The first-order valence-electron chi connectivity index (χ1n) is 11.9. The van der Waals surface area contributed by atoms with Crippen LogP contribution in [0.3, 0.4) is 0 Å². The molecule has 9 nitrogen and oxygen atoms in total. The second-order valence-corrected chi connectivity index (χ2v) is 10.1. The van der Waals surface area contributed by atoms with Gasteiger partial charge >= 0.3 is 6.09 Å². The van der Waals surface area contributed by atoms with Crippen LogP contribution < -0.4 is 4.74 Å². The van der Waals surface area contributed by atoms with Crippen LogP contribution in [0.25, 0.3) is 16.7 Å². The average Bonchev–Trinajstić information content (AvgIpc) is 3.27.